The largest absolute Gasteiger partial charge is 0.364 e. The number of ether oxygens (including phenoxy) is 1. The molecule has 1 amide bonds. The number of piperidine rings is 1. The van der Waals surface area contributed by atoms with E-state index in [4.69, 9.17) is 4.74 Å². The highest BCUT2D eigenvalue weighted by molar-refractivity contribution is 5.81. The Morgan fingerprint density at radius 1 is 1.42 bits per heavy atom. The number of nitrogens with zero attached hydrogens (tertiary/aromatic N) is 4. The zero-order valence-corrected chi connectivity index (χ0v) is 15.0. The van der Waals surface area contributed by atoms with Gasteiger partial charge in [0.05, 0.1) is 24.5 Å². The van der Waals surface area contributed by atoms with Crippen LogP contribution in [0.1, 0.15) is 24.1 Å². The van der Waals surface area contributed by atoms with Crippen molar-refractivity contribution in [3.05, 3.63) is 48.0 Å². The summed E-state index contributed by atoms with van der Waals surface area (Å²) in [7, 11) is 1.93. The van der Waals surface area contributed by atoms with Gasteiger partial charge < -0.3 is 10.1 Å². The molecule has 0 unspecified atom stereocenters. The van der Waals surface area contributed by atoms with Gasteiger partial charge in [-0.1, -0.05) is 6.07 Å². The van der Waals surface area contributed by atoms with Crippen LogP contribution in [0.25, 0.3) is 0 Å². The molecule has 2 aliphatic rings. The van der Waals surface area contributed by atoms with Gasteiger partial charge in [0.2, 0.25) is 5.91 Å². The molecule has 2 aromatic heterocycles. The smallest absolute Gasteiger partial charge is 0.249 e. The predicted octanol–water partition coefficient (Wildman–Crippen LogP) is 1.11. The summed E-state index contributed by atoms with van der Waals surface area (Å²) >= 11 is 0. The number of carbonyl (C=O) groups is 1. The fourth-order valence-corrected chi connectivity index (χ4v) is 3.91. The Morgan fingerprint density at radius 3 is 3.12 bits per heavy atom. The highest BCUT2D eigenvalue weighted by Crippen LogP contribution is 2.33. The predicted molar refractivity (Wildman–Crippen MR) is 96.0 cm³/mol. The van der Waals surface area contributed by atoms with E-state index < -0.39 is 0 Å². The zero-order valence-electron chi connectivity index (χ0n) is 15.0. The van der Waals surface area contributed by atoms with Crippen LogP contribution in [0.15, 0.2) is 36.8 Å². The standard InChI is InChI=1S/C19H25N5O2/c1-23-11-14(9-22-23)12-24-7-5-15-8-17(26-18(15)13-24)19(25)21-10-16-4-2-3-6-20-16/h2-4,6,9,11,15,17-18H,5,7-8,10,12-13H2,1H3,(H,21,25)/t15-,17-,18+/m0/s1. The second-order valence-electron chi connectivity index (χ2n) is 7.24. The summed E-state index contributed by atoms with van der Waals surface area (Å²) in [5, 5.41) is 7.18. The van der Waals surface area contributed by atoms with Gasteiger partial charge in [0.1, 0.15) is 6.10 Å². The first-order valence-corrected chi connectivity index (χ1v) is 9.20. The molecule has 0 saturated carbocycles. The quantitative estimate of drug-likeness (QED) is 0.870. The first kappa shape index (κ1) is 17.2. The van der Waals surface area contributed by atoms with Crippen LogP contribution in [0, 0.1) is 5.92 Å². The first-order valence-electron chi connectivity index (χ1n) is 9.20. The molecule has 2 fully saturated rings. The van der Waals surface area contributed by atoms with E-state index in [1.807, 2.05) is 36.1 Å². The second-order valence-corrected chi connectivity index (χ2v) is 7.24. The van der Waals surface area contributed by atoms with Crippen molar-refractivity contribution in [1.82, 2.24) is 25.0 Å². The van der Waals surface area contributed by atoms with E-state index in [1.54, 1.807) is 6.20 Å². The van der Waals surface area contributed by atoms with E-state index in [9.17, 15) is 4.79 Å². The van der Waals surface area contributed by atoms with Crippen LogP contribution >= 0.6 is 0 Å². The highest BCUT2D eigenvalue weighted by atomic mass is 16.5. The van der Waals surface area contributed by atoms with Crippen LogP contribution in [0.4, 0.5) is 0 Å². The average Bonchev–Trinajstić information content (AvgIpc) is 3.26. The summed E-state index contributed by atoms with van der Waals surface area (Å²) in [4.78, 5) is 19.1. The van der Waals surface area contributed by atoms with E-state index in [1.165, 1.54) is 5.56 Å². The Hall–Kier alpha value is -2.25. The molecule has 0 radical (unpaired) electrons. The van der Waals surface area contributed by atoms with Crippen molar-refractivity contribution in [2.24, 2.45) is 13.0 Å². The molecule has 7 nitrogen and oxygen atoms in total. The Bertz CT molecular complexity index is 747. The number of nitrogens with one attached hydrogen (secondary N) is 1. The molecule has 0 aromatic carbocycles. The lowest BCUT2D eigenvalue weighted by molar-refractivity contribution is -0.133. The van der Waals surface area contributed by atoms with Crippen molar-refractivity contribution >= 4 is 5.91 Å². The van der Waals surface area contributed by atoms with Crippen LogP contribution in [0.5, 0.6) is 0 Å². The topological polar surface area (TPSA) is 72.3 Å². The van der Waals surface area contributed by atoms with Gasteiger partial charge in [-0.05, 0) is 37.4 Å². The minimum absolute atomic E-state index is 0.0242. The van der Waals surface area contributed by atoms with E-state index in [2.05, 4.69) is 26.5 Å². The molecule has 2 saturated heterocycles. The summed E-state index contributed by atoms with van der Waals surface area (Å²) in [5.41, 5.74) is 2.08. The summed E-state index contributed by atoms with van der Waals surface area (Å²) in [6.07, 6.45) is 7.40. The number of amides is 1. The minimum Gasteiger partial charge on any atom is -0.364 e. The van der Waals surface area contributed by atoms with E-state index >= 15 is 0 Å². The molecule has 4 rings (SSSR count). The number of hydrogen-bond donors (Lipinski definition) is 1. The van der Waals surface area contributed by atoms with Gasteiger partial charge >= 0.3 is 0 Å². The molecule has 3 atom stereocenters. The molecule has 1 N–H and O–H groups in total. The van der Waals surface area contributed by atoms with Crippen LogP contribution in [-0.2, 0) is 29.7 Å². The molecule has 26 heavy (non-hydrogen) atoms. The Morgan fingerprint density at radius 2 is 2.35 bits per heavy atom. The van der Waals surface area contributed by atoms with E-state index in [0.29, 0.717) is 12.5 Å². The van der Waals surface area contributed by atoms with E-state index in [0.717, 1.165) is 38.2 Å². The molecule has 138 valence electrons. The maximum absolute atomic E-state index is 12.4. The number of pyridine rings is 1. The third kappa shape index (κ3) is 3.94. The van der Waals surface area contributed by atoms with Crippen molar-refractivity contribution in [3.8, 4) is 0 Å². The molecule has 0 bridgehead atoms. The first-order chi connectivity index (χ1) is 12.7. The number of fused-ring (bicyclic) bond motifs is 1. The third-order valence-electron chi connectivity index (χ3n) is 5.26. The van der Waals surface area contributed by atoms with Gasteiger partial charge in [-0.2, -0.15) is 5.10 Å². The maximum Gasteiger partial charge on any atom is 0.249 e. The van der Waals surface area contributed by atoms with Crippen LogP contribution < -0.4 is 5.32 Å². The lowest BCUT2D eigenvalue weighted by Crippen LogP contribution is -2.42. The minimum atomic E-state index is -0.341. The normalized spacial score (nSPS) is 25.8. The van der Waals surface area contributed by atoms with Crippen molar-refractivity contribution in [2.45, 2.75) is 38.1 Å². The van der Waals surface area contributed by atoms with Gasteiger partial charge in [-0.3, -0.25) is 19.4 Å². The van der Waals surface area contributed by atoms with Gasteiger partial charge in [0, 0.05) is 38.1 Å². The lowest BCUT2D eigenvalue weighted by Gasteiger charge is -2.33. The zero-order chi connectivity index (χ0) is 17.9. The van der Waals surface area contributed by atoms with Gasteiger partial charge in [-0.25, -0.2) is 0 Å². The maximum atomic E-state index is 12.4. The van der Waals surface area contributed by atoms with Gasteiger partial charge in [-0.15, -0.1) is 0 Å². The summed E-state index contributed by atoms with van der Waals surface area (Å²) in [6.45, 7) is 3.25. The van der Waals surface area contributed by atoms with Gasteiger partial charge in [0.25, 0.3) is 0 Å². The number of aryl methyl sites for hydroxylation is 1. The Kier molecular flexibility index (Phi) is 4.99. The van der Waals surface area contributed by atoms with Crippen molar-refractivity contribution < 1.29 is 9.53 Å². The summed E-state index contributed by atoms with van der Waals surface area (Å²) < 4.78 is 7.92. The summed E-state index contributed by atoms with van der Waals surface area (Å²) in [6, 6.07) is 5.70. The molecular formula is C19H25N5O2. The van der Waals surface area contributed by atoms with Gasteiger partial charge in [0.15, 0.2) is 0 Å². The highest BCUT2D eigenvalue weighted by Gasteiger charge is 2.41. The SMILES string of the molecule is Cn1cc(CN2CC[C@H]3C[C@@H](C(=O)NCc4ccccn4)O[C@@H]3C2)cn1. The van der Waals surface area contributed by atoms with E-state index in [-0.39, 0.29) is 18.1 Å². The van der Waals surface area contributed by atoms with Crippen LogP contribution in [-0.4, -0.2) is 50.9 Å². The third-order valence-corrected chi connectivity index (χ3v) is 5.26. The van der Waals surface area contributed by atoms with Crippen molar-refractivity contribution in [2.75, 3.05) is 13.1 Å². The fraction of sp³-hybridized carbons (Fsp3) is 0.526. The molecule has 7 heteroatoms. The molecule has 0 spiro atoms. The molecule has 0 aliphatic carbocycles. The second kappa shape index (κ2) is 7.55. The number of hydrogen-bond acceptors (Lipinski definition) is 5. The lowest BCUT2D eigenvalue weighted by atomic mass is 9.91. The summed E-state index contributed by atoms with van der Waals surface area (Å²) in [5.74, 6) is 0.453. The Labute approximate surface area is 153 Å². The van der Waals surface area contributed by atoms with Crippen molar-refractivity contribution in [1.29, 1.82) is 0 Å². The van der Waals surface area contributed by atoms with Crippen LogP contribution in [0.2, 0.25) is 0 Å². The van der Waals surface area contributed by atoms with Crippen molar-refractivity contribution in [3.63, 3.8) is 0 Å². The number of likely N-dealkylation sites (tertiary alicyclic amines) is 1. The average molecular weight is 355 g/mol. The number of carbonyl (C=O) groups excluding carboxylic acids is 1. The van der Waals surface area contributed by atoms with Crippen LogP contribution in [0.3, 0.4) is 0 Å². The molecule has 2 aliphatic heterocycles. The number of rotatable bonds is 5. The Balaban J connectivity index is 1.28. The molecule has 4 heterocycles. The molecular weight excluding hydrogens is 330 g/mol. The number of aromatic nitrogens is 3. The monoisotopic (exact) mass is 355 g/mol. The fourth-order valence-electron chi connectivity index (χ4n) is 3.91. The molecule has 2 aromatic rings.